The van der Waals surface area contributed by atoms with Crippen molar-refractivity contribution in [1.82, 2.24) is 0 Å². The molecule has 1 aromatic rings. The van der Waals surface area contributed by atoms with E-state index in [4.69, 9.17) is 5.26 Å². The number of halogens is 3. The Bertz CT molecular complexity index is 603. The maximum atomic E-state index is 14.1. The van der Waals surface area contributed by atoms with Crippen molar-refractivity contribution in [1.29, 1.82) is 5.26 Å². The summed E-state index contributed by atoms with van der Waals surface area (Å²) in [6.07, 6.45) is 0. The van der Waals surface area contributed by atoms with E-state index in [1.165, 1.54) is 19.1 Å². The Morgan fingerprint density at radius 1 is 1.33 bits per heavy atom. The molecule has 0 radical (unpaired) electrons. The normalized spacial score (nSPS) is 14.7. The monoisotopic (exact) mass is 316 g/mol. The highest BCUT2D eigenvalue weighted by molar-refractivity contribution is 7.91. The summed E-state index contributed by atoms with van der Waals surface area (Å²) in [6.45, 7) is 6.46. The fourth-order valence-corrected chi connectivity index (χ4v) is 2.05. The lowest BCUT2D eigenvalue weighted by molar-refractivity contribution is 0.0571. The van der Waals surface area contributed by atoms with E-state index >= 15 is 0 Å². The molecule has 7 heteroatoms. The van der Waals surface area contributed by atoms with Gasteiger partial charge in [-0.05, 0) is 33.8 Å². The second-order valence-corrected chi connectivity index (χ2v) is 7.30. The van der Waals surface area contributed by atoms with Gasteiger partial charge in [-0.2, -0.15) is 14.0 Å². The lowest BCUT2D eigenvalue weighted by Crippen LogP contribution is -2.27. The molecule has 3 nitrogen and oxygen atoms in total. The summed E-state index contributed by atoms with van der Waals surface area (Å²) in [7, 11) is 0. The zero-order valence-corrected chi connectivity index (χ0v) is 12.9. The molecule has 0 heterocycles. The third-order valence-corrected chi connectivity index (χ3v) is 4.10. The SMILES string of the molecule is C/C(=N/[S@+]([O-])C(C)(C)C)c1cccc(C(F)(F)C#N)c1F. The van der Waals surface area contributed by atoms with E-state index in [1.54, 1.807) is 20.8 Å². The Morgan fingerprint density at radius 3 is 2.38 bits per heavy atom. The Labute approximate surface area is 124 Å². The van der Waals surface area contributed by atoms with Crippen LogP contribution in [0.5, 0.6) is 0 Å². The van der Waals surface area contributed by atoms with Gasteiger partial charge in [-0.1, -0.05) is 16.5 Å². The van der Waals surface area contributed by atoms with Gasteiger partial charge < -0.3 is 4.55 Å². The van der Waals surface area contributed by atoms with E-state index in [1.807, 2.05) is 0 Å². The Morgan fingerprint density at radius 2 is 1.90 bits per heavy atom. The summed E-state index contributed by atoms with van der Waals surface area (Å²) in [5.74, 6) is -5.15. The zero-order valence-electron chi connectivity index (χ0n) is 12.1. The van der Waals surface area contributed by atoms with Gasteiger partial charge in [-0.25, -0.2) is 4.39 Å². The first-order valence-electron chi connectivity index (χ1n) is 6.06. The van der Waals surface area contributed by atoms with Crippen molar-refractivity contribution in [3.63, 3.8) is 0 Å². The number of hydrogen-bond acceptors (Lipinski definition) is 3. The summed E-state index contributed by atoms with van der Waals surface area (Å²) in [4.78, 5) is 0. The van der Waals surface area contributed by atoms with Gasteiger partial charge in [0.05, 0.1) is 11.3 Å². The maximum Gasteiger partial charge on any atom is 0.360 e. The predicted octanol–water partition coefficient (Wildman–Crippen LogP) is 3.71. The zero-order chi connectivity index (χ0) is 16.4. The Hall–Kier alpha value is -1.52. The van der Waals surface area contributed by atoms with Gasteiger partial charge in [0, 0.05) is 5.56 Å². The van der Waals surface area contributed by atoms with Crippen LogP contribution in [0.3, 0.4) is 0 Å². The minimum absolute atomic E-state index is 0.0383. The molecule has 21 heavy (non-hydrogen) atoms. The number of nitrogens with zero attached hydrogens (tertiary/aromatic N) is 2. The molecule has 0 aromatic heterocycles. The van der Waals surface area contributed by atoms with Crippen molar-refractivity contribution in [3.05, 3.63) is 35.1 Å². The van der Waals surface area contributed by atoms with Gasteiger partial charge in [-0.3, -0.25) is 0 Å². The smallest absolute Gasteiger partial charge is 0.360 e. The van der Waals surface area contributed by atoms with Crippen LogP contribution in [-0.2, 0) is 17.3 Å². The highest BCUT2D eigenvalue weighted by Crippen LogP contribution is 2.31. The first kappa shape index (κ1) is 17.5. The van der Waals surface area contributed by atoms with Crippen molar-refractivity contribution in [2.45, 2.75) is 38.4 Å². The molecule has 0 amide bonds. The predicted molar refractivity (Wildman–Crippen MR) is 76.0 cm³/mol. The van der Waals surface area contributed by atoms with Crippen molar-refractivity contribution in [2.75, 3.05) is 0 Å². The minimum Gasteiger partial charge on any atom is -0.591 e. The molecule has 114 valence electrons. The first-order valence-corrected chi connectivity index (χ1v) is 7.17. The molecule has 0 fully saturated rings. The standard InChI is InChI=1S/C14H15F3N2OS/c1-9(19-21(20)13(2,3)4)10-6-5-7-11(12(10)15)14(16,17)8-18/h5-7H,1-4H3/b19-9-/t21-/m1/s1. The average Bonchev–Trinajstić information content (AvgIpc) is 2.37. The molecule has 0 aliphatic rings. The molecular formula is C14H15F3N2OS. The van der Waals surface area contributed by atoms with Crippen LogP contribution in [0.1, 0.15) is 38.8 Å². The van der Waals surface area contributed by atoms with E-state index in [2.05, 4.69) is 4.40 Å². The summed E-state index contributed by atoms with van der Waals surface area (Å²) in [6, 6.07) is 4.06. The third-order valence-electron chi connectivity index (χ3n) is 2.61. The largest absolute Gasteiger partial charge is 0.591 e. The summed E-state index contributed by atoms with van der Waals surface area (Å²) >= 11 is -1.64. The molecule has 1 rings (SSSR count). The second kappa shape index (κ2) is 6.08. The van der Waals surface area contributed by atoms with Crippen molar-refractivity contribution >= 4 is 17.1 Å². The lowest BCUT2D eigenvalue weighted by atomic mass is 10.0. The molecule has 1 atom stereocenters. The van der Waals surface area contributed by atoms with Gasteiger partial charge >= 0.3 is 5.92 Å². The fourth-order valence-electron chi connectivity index (χ4n) is 1.42. The van der Waals surface area contributed by atoms with Gasteiger partial charge in [0.25, 0.3) is 0 Å². The van der Waals surface area contributed by atoms with Crippen molar-refractivity contribution in [2.24, 2.45) is 4.40 Å². The average molecular weight is 316 g/mol. The molecular weight excluding hydrogens is 301 g/mol. The van der Waals surface area contributed by atoms with Crippen molar-refractivity contribution < 1.29 is 17.7 Å². The van der Waals surface area contributed by atoms with Gasteiger partial charge in [0.1, 0.15) is 28.0 Å². The molecule has 0 aliphatic heterocycles. The number of alkyl halides is 2. The van der Waals surface area contributed by atoms with Crippen LogP contribution in [0.4, 0.5) is 13.2 Å². The Balaban J connectivity index is 3.31. The van der Waals surface area contributed by atoms with Crippen LogP contribution in [0.2, 0.25) is 0 Å². The van der Waals surface area contributed by atoms with Gasteiger partial charge in [-0.15, -0.1) is 0 Å². The number of nitriles is 1. The molecule has 0 N–H and O–H groups in total. The molecule has 0 bridgehead atoms. The number of benzene rings is 1. The van der Waals surface area contributed by atoms with E-state index in [0.717, 1.165) is 12.1 Å². The molecule has 0 spiro atoms. The van der Waals surface area contributed by atoms with Crippen LogP contribution >= 0.6 is 0 Å². The quantitative estimate of drug-likeness (QED) is 0.630. The van der Waals surface area contributed by atoms with E-state index in [9.17, 15) is 17.7 Å². The highest BCUT2D eigenvalue weighted by atomic mass is 32.2. The van der Waals surface area contributed by atoms with E-state index in [-0.39, 0.29) is 11.3 Å². The van der Waals surface area contributed by atoms with Crippen molar-refractivity contribution in [3.8, 4) is 6.07 Å². The molecule has 0 saturated heterocycles. The van der Waals surface area contributed by atoms with Crippen LogP contribution in [0.15, 0.2) is 22.6 Å². The number of hydrogen-bond donors (Lipinski definition) is 0. The molecule has 0 aliphatic carbocycles. The van der Waals surface area contributed by atoms with E-state index in [0.29, 0.717) is 0 Å². The van der Waals surface area contributed by atoms with Crippen LogP contribution in [-0.4, -0.2) is 15.0 Å². The lowest BCUT2D eigenvalue weighted by Gasteiger charge is -2.19. The Kier molecular flexibility index (Phi) is 5.07. The highest BCUT2D eigenvalue weighted by Gasteiger charge is 2.36. The molecule has 1 aromatic carbocycles. The van der Waals surface area contributed by atoms with Crippen LogP contribution in [0, 0.1) is 17.1 Å². The van der Waals surface area contributed by atoms with Gasteiger partial charge in [0.15, 0.2) is 0 Å². The summed E-state index contributed by atoms with van der Waals surface area (Å²) < 4.78 is 55.9. The minimum atomic E-state index is -3.93. The summed E-state index contributed by atoms with van der Waals surface area (Å²) in [5.41, 5.74) is -1.17. The summed E-state index contributed by atoms with van der Waals surface area (Å²) in [5, 5.41) is 8.41. The second-order valence-electron chi connectivity index (χ2n) is 5.39. The first-order chi connectivity index (χ1) is 9.50. The third kappa shape index (κ3) is 3.99. The van der Waals surface area contributed by atoms with Crippen LogP contribution in [0.25, 0.3) is 0 Å². The fraction of sp³-hybridized carbons (Fsp3) is 0.429. The maximum absolute atomic E-state index is 14.1. The molecule has 0 unspecified atom stereocenters. The van der Waals surface area contributed by atoms with Gasteiger partial charge in [0.2, 0.25) is 0 Å². The number of rotatable bonds is 3. The topological polar surface area (TPSA) is 59.2 Å². The van der Waals surface area contributed by atoms with E-state index < -0.39 is 33.4 Å². The molecule has 0 saturated carbocycles. The van der Waals surface area contributed by atoms with Crippen LogP contribution < -0.4 is 0 Å².